The van der Waals surface area contributed by atoms with Crippen LogP contribution in [-0.2, 0) is 6.54 Å². The van der Waals surface area contributed by atoms with Crippen molar-refractivity contribution < 1.29 is 0 Å². The third-order valence-electron chi connectivity index (χ3n) is 3.99. The molecule has 3 nitrogen and oxygen atoms in total. The van der Waals surface area contributed by atoms with Crippen molar-refractivity contribution >= 4 is 5.69 Å². The molecule has 0 aromatic carbocycles. The maximum atomic E-state index is 4.31. The van der Waals surface area contributed by atoms with E-state index in [-0.39, 0.29) is 0 Å². The van der Waals surface area contributed by atoms with Crippen molar-refractivity contribution in [3.05, 3.63) is 24.0 Å². The fourth-order valence-corrected chi connectivity index (χ4v) is 2.99. The Morgan fingerprint density at radius 1 is 1.40 bits per heavy atom. The first-order valence-electron chi connectivity index (χ1n) is 7.86. The molecule has 1 aliphatic rings. The van der Waals surface area contributed by atoms with Crippen molar-refractivity contribution in [1.82, 2.24) is 10.3 Å². The fourth-order valence-electron chi connectivity index (χ4n) is 2.99. The SMILES string of the molecule is CC(C)CNCc1cnccc1N1CCCC(C)(C)C1. The molecule has 2 heterocycles. The number of piperidine rings is 1. The van der Waals surface area contributed by atoms with Gasteiger partial charge in [0.25, 0.3) is 0 Å². The van der Waals surface area contributed by atoms with Crippen LogP contribution < -0.4 is 10.2 Å². The molecule has 1 aliphatic heterocycles. The summed E-state index contributed by atoms with van der Waals surface area (Å²) in [6, 6.07) is 2.17. The second-order valence-electron chi connectivity index (χ2n) is 7.22. The highest BCUT2D eigenvalue weighted by Crippen LogP contribution is 2.32. The summed E-state index contributed by atoms with van der Waals surface area (Å²) in [5, 5.41) is 3.53. The second-order valence-corrected chi connectivity index (χ2v) is 7.22. The van der Waals surface area contributed by atoms with Gasteiger partial charge in [-0.1, -0.05) is 27.7 Å². The third-order valence-corrected chi connectivity index (χ3v) is 3.99. The van der Waals surface area contributed by atoms with Crippen molar-refractivity contribution in [3.8, 4) is 0 Å². The van der Waals surface area contributed by atoms with E-state index < -0.39 is 0 Å². The monoisotopic (exact) mass is 275 g/mol. The average Bonchev–Trinajstić information content (AvgIpc) is 2.37. The van der Waals surface area contributed by atoms with E-state index in [9.17, 15) is 0 Å². The van der Waals surface area contributed by atoms with Crippen LogP contribution in [0.5, 0.6) is 0 Å². The van der Waals surface area contributed by atoms with Crippen LogP contribution in [0.2, 0.25) is 0 Å². The van der Waals surface area contributed by atoms with Gasteiger partial charge < -0.3 is 10.2 Å². The number of rotatable bonds is 5. The first-order valence-corrected chi connectivity index (χ1v) is 7.86. The van der Waals surface area contributed by atoms with Crippen LogP contribution in [0.3, 0.4) is 0 Å². The Labute approximate surface area is 123 Å². The maximum Gasteiger partial charge on any atom is 0.0443 e. The third kappa shape index (κ3) is 4.20. The number of nitrogens with one attached hydrogen (secondary N) is 1. The van der Waals surface area contributed by atoms with Crippen LogP contribution in [0, 0.1) is 11.3 Å². The summed E-state index contributed by atoms with van der Waals surface area (Å²) in [7, 11) is 0. The number of aromatic nitrogens is 1. The molecular formula is C17H29N3. The van der Waals surface area contributed by atoms with Gasteiger partial charge in [-0.3, -0.25) is 4.98 Å². The molecule has 0 unspecified atom stereocenters. The van der Waals surface area contributed by atoms with E-state index in [0.717, 1.165) is 19.6 Å². The quantitative estimate of drug-likeness (QED) is 0.892. The van der Waals surface area contributed by atoms with Gasteiger partial charge in [-0.2, -0.15) is 0 Å². The standard InChI is InChI=1S/C17H29N3/c1-14(2)10-19-12-15-11-18-8-6-16(15)20-9-5-7-17(3,4)13-20/h6,8,11,14,19H,5,7,9-10,12-13H2,1-4H3. The molecule has 0 atom stereocenters. The van der Waals surface area contributed by atoms with Crippen LogP contribution >= 0.6 is 0 Å². The fraction of sp³-hybridized carbons (Fsp3) is 0.706. The summed E-state index contributed by atoms with van der Waals surface area (Å²) in [5.41, 5.74) is 3.11. The lowest BCUT2D eigenvalue weighted by atomic mass is 9.84. The minimum Gasteiger partial charge on any atom is -0.371 e. The zero-order valence-electron chi connectivity index (χ0n) is 13.4. The van der Waals surface area contributed by atoms with Gasteiger partial charge in [0.05, 0.1) is 0 Å². The lowest BCUT2D eigenvalue weighted by Crippen LogP contribution is -2.40. The van der Waals surface area contributed by atoms with Crippen LogP contribution in [0.15, 0.2) is 18.5 Å². The zero-order valence-corrected chi connectivity index (χ0v) is 13.4. The van der Waals surface area contributed by atoms with E-state index in [1.807, 2.05) is 12.4 Å². The minimum absolute atomic E-state index is 0.421. The molecule has 0 amide bonds. The normalized spacial score (nSPS) is 18.6. The lowest BCUT2D eigenvalue weighted by Gasteiger charge is -2.40. The highest BCUT2D eigenvalue weighted by molar-refractivity contribution is 5.52. The number of hydrogen-bond acceptors (Lipinski definition) is 3. The molecule has 0 bridgehead atoms. The van der Waals surface area contributed by atoms with E-state index in [1.54, 1.807) is 0 Å². The summed E-state index contributed by atoms with van der Waals surface area (Å²) >= 11 is 0. The van der Waals surface area contributed by atoms with Crippen LogP contribution in [-0.4, -0.2) is 24.6 Å². The topological polar surface area (TPSA) is 28.2 Å². The van der Waals surface area contributed by atoms with E-state index in [2.05, 4.69) is 49.0 Å². The van der Waals surface area contributed by atoms with E-state index in [0.29, 0.717) is 11.3 Å². The molecule has 1 aromatic heterocycles. The number of anilines is 1. The van der Waals surface area contributed by atoms with Gasteiger partial charge in [-0.05, 0) is 36.8 Å². The minimum atomic E-state index is 0.421. The molecule has 1 N–H and O–H groups in total. The highest BCUT2D eigenvalue weighted by atomic mass is 15.1. The first kappa shape index (κ1) is 15.3. The van der Waals surface area contributed by atoms with Crippen molar-refractivity contribution in [2.24, 2.45) is 11.3 Å². The Morgan fingerprint density at radius 3 is 2.90 bits per heavy atom. The summed E-state index contributed by atoms with van der Waals surface area (Å²) in [6.07, 6.45) is 6.55. The van der Waals surface area contributed by atoms with Crippen LogP contribution in [0.4, 0.5) is 5.69 Å². The smallest absolute Gasteiger partial charge is 0.0443 e. The Balaban J connectivity index is 2.07. The van der Waals surface area contributed by atoms with E-state index in [4.69, 9.17) is 0 Å². The van der Waals surface area contributed by atoms with Crippen molar-refractivity contribution in [1.29, 1.82) is 0 Å². The maximum absolute atomic E-state index is 4.31. The molecule has 112 valence electrons. The molecule has 20 heavy (non-hydrogen) atoms. The predicted molar refractivity (Wildman–Crippen MR) is 86.0 cm³/mol. The van der Waals surface area contributed by atoms with Crippen molar-refractivity contribution in [2.75, 3.05) is 24.5 Å². The highest BCUT2D eigenvalue weighted by Gasteiger charge is 2.27. The molecule has 2 rings (SSSR count). The van der Waals surface area contributed by atoms with E-state index in [1.165, 1.54) is 30.6 Å². The van der Waals surface area contributed by atoms with Crippen molar-refractivity contribution in [2.45, 2.75) is 47.1 Å². The van der Waals surface area contributed by atoms with Gasteiger partial charge in [0.2, 0.25) is 0 Å². The van der Waals surface area contributed by atoms with Crippen LogP contribution in [0.1, 0.15) is 46.1 Å². The lowest BCUT2D eigenvalue weighted by molar-refractivity contribution is 0.292. The Kier molecular flexibility index (Phi) is 5.03. The molecule has 1 aromatic rings. The number of pyridine rings is 1. The van der Waals surface area contributed by atoms with Crippen LogP contribution in [0.25, 0.3) is 0 Å². The second kappa shape index (κ2) is 6.57. The molecule has 0 aliphatic carbocycles. The van der Waals surface area contributed by atoms with Gasteiger partial charge in [0.1, 0.15) is 0 Å². The van der Waals surface area contributed by atoms with Gasteiger partial charge >= 0.3 is 0 Å². The molecule has 3 heteroatoms. The van der Waals surface area contributed by atoms with Crippen molar-refractivity contribution in [3.63, 3.8) is 0 Å². The average molecular weight is 275 g/mol. The van der Waals surface area contributed by atoms with Gasteiger partial charge in [0, 0.05) is 43.3 Å². The Hall–Kier alpha value is -1.09. The molecule has 0 radical (unpaired) electrons. The number of nitrogens with zero attached hydrogens (tertiary/aromatic N) is 2. The van der Waals surface area contributed by atoms with Gasteiger partial charge in [-0.25, -0.2) is 0 Å². The first-order chi connectivity index (χ1) is 9.48. The zero-order chi connectivity index (χ0) is 14.6. The van der Waals surface area contributed by atoms with E-state index >= 15 is 0 Å². The predicted octanol–water partition coefficient (Wildman–Crippen LogP) is 3.45. The van der Waals surface area contributed by atoms with Gasteiger partial charge in [-0.15, -0.1) is 0 Å². The van der Waals surface area contributed by atoms with Gasteiger partial charge in [0.15, 0.2) is 0 Å². The Morgan fingerprint density at radius 2 is 2.20 bits per heavy atom. The largest absolute Gasteiger partial charge is 0.371 e. The molecule has 0 spiro atoms. The Bertz CT molecular complexity index is 426. The molecular weight excluding hydrogens is 246 g/mol. The molecule has 1 fully saturated rings. The summed E-state index contributed by atoms with van der Waals surface area (Å²) in [5.74, 6) is 0.684. The number of hydrogen-bond donors (Lipinski definition) is 1. The molecule has 1 saturated heterocycles. The summed E-state index contributed by atoms with van der Waals surface area (Å²) in [6.45, 7) is 13.5. The summed E-state index contributed by atoms with van der Waals surface area (Å²) < 4.78 is 0. The summed E-state index contributed by atoms with van der Waals surface area (Å²) in [4.78, 5) is 6.85. The molecule has 0 saturated carbocycles.